The molecule has 0 radical (unpaired) electrons. The van der Waals surface area contributed by atoms with Gasteiger partial charge in [-0.25, -0.2) is 0 Å². The number of aromatic nitrogens is 1. The van der Waals surface area contributed by atoms with E-state index in [9.17, 15) is 4.79 Å². The van der Waals surface area contributed by atoms with Crippen molar-refractivity contribution in [3.63, 3.8) is 0 Å². The Hall–Kier alpha value is -2.78. The molecule has 0 fully saturated rings. The third kappa shape index (κ3) is 4.01. The Morgan fingerprint density at radius 3 is 2.34 bits per heavy atom. The van der Waals surface area contributed by atoms with E-state index in [1.165, 1.54) is 5.56 Å². The van der Waals surface area contributed by atoms with Crippen molar-refractivity contribution in [1.29, 1.82) is 0 Å². The molecule has 3 aromatic rings. The number of hydrogen-bond acceptors (Lipinski definition) is 1. The van der Waals surface area contributed by atoms with E-state index in [1.807, 2.05) is 18.2 Å². The Morgan fingerprint density at radius 1 is 1.00 bits per heavy atom. The van der Waals surface area contributed by atoms with E-state index in [1.54, 1.807) is 12.1 Å². The lowest BCUT2D eigenvalue weighted by Crippen LogP contribution is -2.22. The molecule has 3 nitrogen and oxygen atoms in total. The van der Waals surface area contributed by atoms with Crippen molar-refractivity contribution >= 4 is 28.8 Å². The standard InChI is InChI=1S/C25H25ClN2O/c1-25(2,3)18-8-6-17(7-9-18)23-21(14-16-28-15-4-5-22(23)28)24(29)27-20-12-10-19(26)11-13-20/h4-13,15H,14,16H2,1-3H3,(H,27,29). The first kappa shape index (κ1) is 19.5. The highest BCUT2D eigenvalue weighted by Crippen LogP contribution is 2.35. The molecular weight excluding hydrogens is 380 g/mol. The SMILES string of the molecule is CC(C)(C)c1ccc(C2=C(C(=O)Nc3ccc(Cl)cc3)CCn3cccc32)cc1. The highest BCUT2D eigenvalue weighted by atomic mass is 35.5. The second kappa shape index (κ2) is 7.57. The van der Waals surface area contributed by atoms with Gasteiger partial charge in [0, 0.05) is 40.3 Å². The second-order valence-electron chi connectivity index (χ2n) is 8.48. The molecule has 0 aliphatic carbocycles. The van der Waals surface area contributed by atoms with Gasteiger partial charge in [-0.15, -0.1) is 0 Å². The summed E-state index contributed by atoms with van der Waals surface area (Å²) >= 11 is 5.96. The molecule has 4 heteroatoms. The van der Waals surface area contributed by atoms with Gasteiger partial charge in [0.1, 0.15) is 0 Å². The lowest BCUT2D eigenvalue weighted by atomic mass is 9.85. The van der Waals surface area contributed by atoms with Gasteiger partial charge in [0.15, 0.2) is 0 Å². The van der Waals surface area contributed by atoms with E-state index in [2.05, 4.69) is 67.2 Å². The first-order chi connectivity index (χ1) is 13.8. The van der Waals surface area contributed by atoms with Gasteiger partial charge >= 0.3 is 0 Å². The average Bonchev–Trinajstić information content (AvgIpc) is 3.17. The number of halogens is 1. The van der Waals surface area contributed by atoms with Gasteiger partial charge in [-0.2, -0.15) is 0 Å². The monoisotopic (exact) mass is 404 g/mol. The van der Waals surface area contributed by atoms with Crippen LogP contribution in [-0.4, -0.2) is 10.5 Å². The van der Waals surface area contributed by atoms with Crippen LogP contribution >= 0.6 is 11.6 Å². The number of rotatable bonds is 3. The molecule has 0 bridgehead atoms. The van der Waals surface area contributed by atoms with E-state index in [0.717, 1.165) is 34.6 Å². The van der Waals surface area contributed by atoms with E-state index >= 15 is 0 Å². The van der Waals surface area contributed by atoms with Crippen molar-refractivity contribution in [3.8, 4) is 0 Å². The summed E-state index contributed by atoms with van der Waals surface area (Å²) in [6, 6.07) is 19.9. The van der Waals surface area contributed by atoms with Crippen LogP contribution in [0.5, 0.6) is 0 Å². The molecule has 2 heterocycles. The number of carbonyl (C=O) groups is 1. The van der Waals surface area contributed by atoms with Gasteiger partial charge < -0.3 is 9.88 Å². The summed E-state index contributed by atoms with van der Waals surface area (Å²) in [5.74, 6) is -0.0605. The second-order valence-corrected chi connectivity index (χ2v) is 8.92. The van der Waals surface area contributed by atoms with E-state index in [4.69, 9.17) is 11.6 Å². The summed E-state index contributed by atoms with van der Waals surface area (Å²) in [6.07, 6.45) is 2.77. The zero-order valence-corrected chi connectivity index (χ0v) is 17.8. The molecule has 0 atom stereocenters. The van der Waals surface area contributed by atoms with Crippen LogP contribution in [0.3, 0.4) is 0 Å². The van der Waals surface area contributed by atoms with Crippen molar-refractivity contribution < 1.29 is 4.79 Å². The van der Waals surface area contributed by atoms with E-state index in [-0.39, 0.29) is 11.3 Å². The number of nitrogens with zero attached hydrogens (tertiary/aromatic N) is 1. The molecule has 29 heavy (non-hydrogen) atoms. The largest absolute Gasteiger partial charge is 0.347 e. The van der Waals surface area contributed by atoms with Crippen LogP contribution in [0.15, 0.2) is 72.4 Å². The minimum absolute atomic E-state index is 0.0605. The minimum atomic E-state index is -0.0605. The van der Waals surface area contributed by atoms with Crippen molar-refractivity contribution in [2.75, 3.05) is 5.32 Å². The molecule has 4 rings (SSSR count). The summed E-state index contributed by atoms with van der Waals surface area (Å²) in [4.78, 5) is 13.2. The fraction of sp³-hybridized carbons (Fsp3) is 0.240. The zero-order valence-electron chi connectivity index (χ0n) is 17.0. The van der Waals surface area contributed by atoms with Crippen LogP contribution in [0, 0.1) is 0 Å². The number of carbonyl (C=O) groups excluding carboxylic acids is 1. The normalized spacial score (nSPS) is 13.9. The minimum Gasteiger partial charge on any atom is -0.347 e. The Kier molecular flexibility index (Phi) is 5.10. The summed E-state index contributed by atoms with van der Waals surface area (Å²) in [5, 5.41) is 3.68. The summed E-state index contributed by atoms with van der Waals surface area (Å²) in [6.45, 7) is 7.42. The van der Waals surface area contributed by atoms with Gasteiger partial charge in [-0.1, -0.05) is 56.6 Å². The molecule has 1 amide bonds. The lowest BCUT2D eigenvalue weighted by Gasteiger charge is -2.24. The number of benzene rings is 2. The third-order valence-corrected chi connectivity index (χ3v) is 5.66. The summed E-state index contributed by atoms with van der Waals surface area (Å²) in [7, 11) is 0. The number of fused-ring (bicyclic) bond motifs is 1. The maximum Gasteiger partial charge on any atom is 0.252 e. The number of aryl methyl sites for hydroxylation is 1. The van der Waals surface area contributed by atoms with Crippen LogP contribution in [-0.2, 0) is 16.8 Å². The van der Waals surface area contributed by atoms with Crippen molar-refractivity contribution in [1.82, 2.24) is 4.57 Å². The molecule has 0 saturated carbocycles. The summed E-state index contributed by atoms with van der Waals surface area (Å²) in [5.41, 5.74) is 6.09. The molecule has 2 aromatic carbocycles. The fourth-order valence-electron chi connectivity index (χ4n) is 3.77. The van der Waals surface area contributed by atoms with Gasteiger partial charge in [0.25, 0.3) is 5.91 Å². The van der Waals surface area contributed by atoms with E-state index < -0.39 is 0 Å². The van der Waals surface area contributed by atoms with Crippen LogP contribution < -0.4 is 5.32 Å². The van der Waals surface area contributed by atoms with Gasteiger partial charge in [-0.3, -0.25) is 4.79 Å². The first-order valence-electron chi connectivity index (χ1n) is 9.89. The predicted molar refractivity (Wildman–Crippen MR) is 120 cm³/mol. The van der Waals surface area contributed by atoms with Gasteiger partial charge in [0.05, 0.1) is 0 Å². The Bertz CT molecular complexity index is 1070. The lowest BCUT2D eigenvalue weighted by molar-refractivity contribution is -0.113. The predicted octanol–water partition coefficient (Wildman–Crippen LogP) is 6.28. The van der Waals surface area contributed by atoms with Crippen LogP contribution in [0.25, 0.3) is 5.57 Å². The smallest absolute Gasteiger partial charge is 0.252 e. The molecule has 148 valence electrons. The molecule has 1 N–H and O–H groups in total. The number of amides is 1. The molecule has 1 aliphatic rings. The number of anilines is 1. The Morgan fingerprint density at radius 2 is 1.69 bits per heavy atom. The maximum atomic E-state index is 13.2. The van der Waals surface area contributed by atoms with Crippen LogP contribution in [0.1, 0.15) is 44.0 Å². The highest BCUT2D eigenvalue weighted by molar-refractivity contribution is 6.30. The molecule has 0 spiro atoms. The maximum absolute atomic E-state index is 13.2. The third-order valence-electron chi connectivity index (χ3n) is 5.41. The van der Waals surface area contributed by atoms with Crippen LogP contribution in [0.4, 0.5) is 5.69 Å². The fourth-order valence-corrected chi connectivity index (χ4v) is 3.90. The van der Waals surface area contributed by atoms with Crippen molar-refractivity contribution in [2.24, 2.45) is 0 Å². The number of hydrogen-bond donors (Lipinski definition) is 1. The van der Waals surface area contributed by atoms with Crippen molar-refractivity contribution in [3.05, 3.63) is 94.3 Å². The van der Waals surface area contributed by atoms with Gasteiger partial charge in [-0.05, 0) is 59.4 Å². The first-order valence-corrected chi connectivity index (χ1v) is 10.3. The van der Waals surface area contributed by atoms with Crippen molar-refractivity contribution in [2.45, 2.75) is 39.2 Å². The zero-order chi connectivity index (χ0) is 20.6. The Labute approximate surface area is 177 Å². The van der Waals surface area contributed by atoms with E-state index in [0.29, 0.717) is 11.4 Å². The van der Waals surface area contributed by atoms with Crippen LogP contribution in [0.2, 0.25) is 5.02 Å². The molecular formula is C25H25ClN2O. The Balaban J connectivity index is 1.75. The molecule has 1 aliphatic heterocycles. The topological polar surface area (TPSA) is 34.0 Å². The highest BCUT2D eigenvalue weighted by Gasteiger charge is 2.25. The quantitative estimate of drug-likeness (QED) is 0.547. The molecule has 0 saturated heterocycles. The number of nitrogens with one attached hydrogen (secondary N) is 1. The van der Waals surface area contributed by atoms with Gasteiger partial charge in [0.2, 0.25) is 0 Å². The summed E-state index contributed by atoms with van der Waals surface area (Å²) < 4.78 is 2.21. The average molecular weight is 405 g/mol. The molecule has 0 unspecified atom stereocenters. The molecule has 1 aromatic heterocycles.